The number of rotatable bonds is 3. The van der Waals surface area contributed by atoms with Gasteiger partial charge in [-0.25, -0.2) is 0 Å². The Labute approximate surface area is 127 Å². The van der Waals surface area contributed by atoms with Crippen LogP contribution < -0.4 is 5.32 Å². The molecule has 0 aromatic carbocycles. The second kappa shape index (κ2) is 5.23. The van der Waals surface area contributed by atoms with Gasteiger partial charge in [-0.05, 0) is 57.9 Å². The van der Waals surface area contributed by atoms with Gasteiger partial charge in [-0.2, -0.15) is 0 Å². The molecule has 3 rings (SSSR count). The summed E-state index contributed by atoms with van der Waals surface area (Å²) in [7, 11) is -0.301. The van der Waals surface area contributed by atoms with Gasteiger partial charge in [-0.15, -0.1) is 0 Å². The molecule has 3 heterocycles. The van der Waals surface area contributed by atoms with Gasteiger partial charge in [0, 0.05) is 18.4 Å². The molecule has 112 valence electrons. The Kier molecular flexibility index (Phi) is 3.68. The number of hydrogen-bond donors (Lipinski definition) is 1. The van der Waals surface area contributed by atoms with Gasteiger partial charge in [0.05, 0.1) is 11.2 Å². The molecule has 0 saturated carbocycles. The van der Waals surface area contributed by atoms with Crippen LogP contribution in [0.3, 0.4) is 0 Å². The highest BCUT2D eigenvalue weighted by molar-refractivity contribution is 6.52. The number of hydrogen-bond acceptors (Lipinski definition) is 4. The number of nitrogens with one attached hydrogen (secondary N) is 1. The molecule has 0 aliphatic carbocycles. The van der Waals surface area contributed by atoms with E-state index in [1.54, 1.807) is 0 Å². The summed E-state index contributed by atoms with van der Waals surface area (Å²) in [5.41, 5.74) is 1.84. The molecule has 2 aliphatic heterocycles. The number of aromatic nitrogens is 1. The molecule has 1 aromatic rings. The molecule has 0 spiro atoms. The Bertz CT molecular complexity index is 537. The summed E-state index contributed by atoms with van der Waals surface area (Å²) in [6.45, 7) is 9.35. The Hall–Kier alpha value is -1.17. The minimum absolute atomic E-state index is 0.293. The number of pyridine rings is 1. The summed E-state index contributed by atoms with van der Waals surface area (Å²) in [5.74, 6) is 1.99. The van der Waals surface area contributed by atoms with E-state index in [-0.39, 0.29) is 18.3 Å². The first kappa shape index (κ1) is 14.8. The predicted molar refractivity (Wildman–Crippen MR) is 84.7 cm³/mol. The summed E-state index contributed by atoms with van der Waals surface area (Å²) < 4.78 is 12.0. The van der Waals surface area contributed by atoms with Gasteiger partial charge in [0.1, 0.15) is 0 Å². The quantitative estimate of drug-likeness (QED) is 0.868. The molecular formula is C16H23BN2O2. The Morgan fingerprint density at radius 1 is 1.29 bits per heavy atom. The van der Waals surface area contributed by atoms with Crippen LogP contribution in [0.25, 0.3) is 6.08 Å². The van der Waals surface area contributed by atoms with Gasteiger partial charge >= 0.3 is 7.12 Å². The van der Waals surface area contributed by atoms with Crippen LogP contribution in [-0.4, -0.2) is 29.8 Å². The van der Waals surface area contributed by atoms with Crippen molar-refractivity contribution in [1.29, 1.82) is 0 Å². The molecule has 21 heavy (non-hydrogen) atoms. The minimum atomic E-state index is -0.301. The van der Waals surface area contributed by atoms with Crippen LogP contribution in [0.1, 0.15) is 51.3 Å². The van der Waals surface area contributed by atoms with Crippen molar-refractivity contribution in [2.24, 2.45) is 0 Å². The highest BCUT2D eigenvalue weighted by atomic mass is 16.7. The molecule has 1 atom stereocenters. The zero-order chi connectivity index (χ0) is 15.1. The fourth-order valence-electron chi connectivity index (χ4n) is 2.56. The molecule has 0 radical (unpaired) electrons. The lowest BCUT2D eigenvalue weighted by molar-refractivity contribution is 0.00578. The Morgan fingerprint density at radius 2 is 1.95 bits per heavy atom. The van der Waals surface area contributed by atoms with Crippen molar-refractivity contribution in [3.8, 4) is 0 Å². The Balaban J connectivity index is 1.76. The van der Waals surface area contributed by atoms with Gasteiger partial charge < -0.3 is 14.6 Å². The molecule has 1 N–H and O–H groups in total. The molecule has 2 fully saturated rings. The molecule has 2 saturated heterocycles. The maximum atomic E-state index is 5.99. The molecule has 5 heteroatoms. The highest BCUT2D eigenvalue weighted by Crippen LogP contribution is 2.37. The summed E-state index contributed by atoms with van der Waals surface area (Å²) in [6, 6.07) is 2.47. The third-order valence-electron chi connectivity index (χ3n) is 4.79. The van der Waals surface area contributed by atoms with E-state index in [1.807, 2.05) is 24.4 Å². The van der Waals surface area contributed by atoms with E-state index in [2.05, 4.69) is 44.1 Å². The molecule has 1 unspecified atom stereocenters. The summed E-state index contributed by atoms with van der Waals surface area (Å²) >= 11 is 0. The Morgan fingerprint density at radius 3 is 2.52 bits per heavy atom. The van der Waals surface area contributed by atoms with Crippen LogP contribution in [0.5, 0.6) is 0 Å². The first-order valence-electron chi connectivity index (χ1n) is 7.60. The first-order chi connectivity index (χ1) is 9.89. The van der Waals surface area contributed by atoms with Crippen molar-refractivity contribution >= 4 is 13.2 Å². The van der Waals surface area contributed by atoms with E-state index in [1.165, 1.54) is 17.5 Å². The van der Waals surface area contributed by atoms with Crippen molar-refractivity contribution in [1.82, 2.24) is 10.3 Å². The van der Waals surface area contributed by atoms with Crippen molar-refractivity contribution in [3.63, 3.8) is 0 Å². The molecule has 4 nitrogen and oxygen atoms in total. The normalized spacial score (nSPS) is 27.0. The van der Waals surface area contributed by atoms with Gasteiger partial charge in [0.25, 0.3) is 0 Å². The lowest BCUT2D eigenvalue weighted by Crippen LogP contribution is -2.41. The maximum absolute atomic E-state index is 5.99. The molecular weight excluding hydrogens is 263 g/mol. The van der Waals surface area contributed by atoms with Crippen LogP contribution in [0.4, 0.5) is 0 Å². The molecule has 0 amide bonds. The smallest absolute Gasteiger partial charge is 0.400 e. The van der Waals surface area contributed by atoms with E-state index in [0.29, 0.717) is 6.04 Å². The average molecular weight is 286 g/mol. The summed E-state index contributed by atoms with van der Waals surface area (Å²) in [4.78, 5) is 4.24. The van der Waals surface area contributed by atoms with E-state index in [0.717, 1.165) is 6.54 Å². The largest absolute Gasteiger partial charge is 0.487 e. The van der Waals surface area contributed by atoms with Gasteiger partial charge in [-0.1, -0.05) is 12.1 Å². The van der Waals surface area contributed by atoms with Crippen molar-refractivity contribution in [2.45, 2.75) is 51.4 Å². The van der Waals surface area contributed by atoms with Crippen molar-refractivity contribution in [3.05, 3.63) is 35.6 Å². The maximum Gasteiger partial charge on any atom is 0.487 e. The van der Waals surface area contributed by atoms with Gasteiger partial charge in [-0.3, -0.25) is 4.98 Å². The average Bonchev–Trinajstić information content (AvgIpc) is 2.55. The van der Waals surface area contributed by atoms with E-state index >= 15 is 0 Å². The third-order valence-corrected chi connectivity index (χ3v) is 4.79. The van der Waals surface area contributed by atoms with E-state index in [4.69, 9.17) is 9.31 Å². The standard InChI is InChI=1S/C16H23BN2O2/c1-15(2)16(3,4)21-17(20-15)8-5-12-6-9-18-11-13(12)14-7-10-19-14/h5-6,8-9,11,14,19H,7,10H2,1-4H3/b8-5+. The number of nitrogens with zero attached hydrogens (tertiary/aromatic N) is 1. The molecule has 0 bridgehead atoms. The van der Waals surface area contributed by atoms with Crippen molar-refractivity contribution < 1.29 is 9.31 Å². The lowest BCUT2D eigenvalue weighted by atomic mass is 9.87. The highest BCUT2D eigenvalue weighted by Gasteiger charge is 2.50. The molecule has 1 aromatic heterocycles. The van der Waals surface area contributed by atoms with E-state index < -0.39 is 0 Å². The second-order valence-corrected chi connectivity index (χ2v) is 6.78. The van der Waals surface area contributed by atoms with Crippen LogP contribution >= 0.6 is 0 Å². The SMILES string of the molecule is CC1(C)OB(/C=C/c2ccncc2C2CCN2)OC1(C)C. The van der Waals surface area contributed by atoms with Crippen LogP contribution in [-0.2, 0) is 9.31 Å². The fraction of sp³-hybridized carbons (Fsp3) is 0.562. The monoisotopic (exact) mass is 286 g/mol. The fourth-order valence-corrected chi connectivity index (χ4v) is 2.56. The zero-order valence-electron chi connectivity index (χ0n) is 13.2. The topological polar surface area (TPSA) is 43.4 Å². The van der Waals surface area contributed by atoms with Crippen LogP contribution in [0.15, 0.2) is 24.4 Å². The third kappa shape index (κ3) is 2.78. The predicted octanol–water partition coefficient (Wildman–Crippen LogP) is 2.76. The minimum Gasteiger partial charge on any atom is -0.400 e. The van der Waals surface area contributed by atoms with Crippen LogP contribution in [0.2, 0.25) is 0 Å². The first-order valence-corrected chi connectivity index (χ1v) is 7.60. The zero-order valence-corrected chi connectivity index (χ0v) is 13.2. The van der Waals surface area contributed by atoms with Crippen LogP contribution in [0, 0.1) is 0 Å². The van der Waals surface area contributed by atoms with E-state index in [9.17, 15) is 0 Å². The lowest BCUT2D eigenvalue weighted by Gasteiger charge is -2.32. The van der Waals surface area contributed by atoms with Gasteiger partial charge in [0.15, 0.2) is 0 Å². The summed E-state index contributed by atoms with van der Waals surface area (Å²) in [6.07, 6.45) is 7.02. The second-order valence-electron chi connectivity index (χ2n) is 6.78. The molecule has 2 aliphatic rings. The van der Waals surface area contributed by atoms with Gasteiger partial charge in [0.2, 0.25) is 0 Å². The summed E-state index contributed by atoms with van der Waals surface area (Å²) in [5, 5.41) is 3.42. The van der Waals surface area contributed by atoms with Crippen molar-refractivity contribution in [2.75, 3.05) is 6.54 Å².